The number of ether oxygens (including phenoxy) is 3. The van der Waals surface area contributed by atoms with Crippen molar-refractivity contribution in [1.29, 1.82) is 0 Å². The van der Waals surface area contributed by atoms with Gasteiger partial charge in [-0.05, 0) is 48.4 Å². The van der Waals surface area contributed by atoms with Gasteiger partial charge in [0.25, 0.3) is 11.5 Å². The molecule has 0 aliphatic carbocycles. The molecule has 0 bridgehead atoms. The fourth-order valence-corrected chi connectivity index (χ4v) is 6.38. The highest BCUT2D eigenvalue weighted by atomic mass is 79.9. The number of cyclic esters (lactones) is 1. The van der Waals surface area contributed by atoms with Crippen molar-refractivity contribution in [2.45, 2.75) is 57.5 Å². The van der Waals surface area contributed by atoms with Crippen molar-refractivity contribution in [3.63, 3.8) is 0 Å². The minimum absolute atomic E-state index is 0.111. The van der Waals surface area contributed by atoms with Gasteiger partial charge in [-0.2, -0.15) is 0 Å². The van der Waals surface area contributed by atoms with Gasteiger partial charge in [-0.3, -0.25) is 9.59 Å². The van der Waals surface area contributed by atoms with Crippen molar-refractivity contribution in [2.75, 3.05) is 18.9 Å². The fourth-order valence-electron chi connectivity index (χ4n) is 5.91. The van der Waals surface area contributed by atoms with E-state index >= 15 is 0 Å². The van der Waals surface area contributed by atoms with E-state index < -0.39 is 54.5 Å². The molecule has 1 amide bonds. The Kier molecular flexibility index (Phi) is 8.94. The van der Waals surface area contributed by atoms with Gasteiger partial charge in [0.2, 0.25) is 5.60 Å². The number of alkyl carbamates (subject to hydrolysis) is 1. The van der Waals surface area contributed by atoms with Gasteiger partial charge in [-0.15, -0.1) is 0 Å². The molecular weight excluding hydrogens is 694 g/mol. The highest BCUT2D eigenvalue weighted by Gasteiger charge is 2.50. The number of esters is 2. The molecule has 0 spiro atoms. The second-order valence-electron chi connectivity index (χ2n) is 11.6. The third kappa shape index (κ3) is 6.23. The molecule has 14 heteroatoms. The number of halogens is 3. The monoisotopic (exact) mass is 724 g/mol. The second-order valence-corrected chi connectivity index (χ2v) is 12.4. The average molecular weight is 726 g/mol. The zero-order valence-electron chi connectivity index (χ0n) is 26.0. The first kappa shape index (κ1) is 33.1. The van der Waals surface area contributed by atoms with Crippen LogP contribution in [0.25, 0.3) is 22.3 Å². The van der Waals surface area contributed by atoms with Crippen molar-refractivity contribution in [3.8, 4) is 11.4 Å². The molecule has 2 N–H and O–H groups in total. The summed E-state index contributed by atoms with van der Waals surface area (Å²) in [6.07, 6.45) is -2.91. The summed E-state index contributed by atoms with van der Waals surface area (Å²) in [6, 6.07) is 16.1. The number of hydrogen-bond acceptors (Lipinski definition) is 9. The highest BCUT2D eigenvalue weighted by molar-refractivity contribution is 9.10. The minimum atomic E-state index is -3.50. The Balaban J connectivity index is 1.15. The van der Waals surface area contributed by atoms with Crippen molar-refractivity contribution < 1.29 is 37.4 Å². The van der Waals surface area contributed by atoms with Crippen molar-refractivity contribution >= 4 is 50.6 Å². The van der Waals surface area contributed by atoms with Gasteiger partial charge in [0, 0.05) is 40.1 Å². The first-order valence-electron chi connectivity index (χ1n) is 15.2. The van der Waals surface area contributed by atoms with Gasteiger partial charge in [0.05, 0.1) is 42.0 Å². The van der Waals surface area contributed by atoms with E-state index in [1.807, 2.05) is 29.6 Å². The molecule has 4 aromatic rings. The van der Waals surface area contributed by atoms with Crippen molar-refractivity contribution in [1.82, 2.24) is 14.9 Å². The number of anilines is 1. The van der Waals surface area contributed by atoms with Crippen LogP contribution in [0, 0.1) is 0 Å². The van der Waals surface area contributed by atoms with Crippen LogP contribution in [0.4, 0.5) is 19.3 Å². The molecule has 4 heterocycles. The number of amides is 1. The SMILES string of the molecule is CC[C@@]1(OC(=O)CCC(F)(F)CNC(=O)OCc2ccc(NC)cc2)C(=O)OCc2c1cc1n(c2=O)Cc2cc3c(Br)cccc3nc2-1. The van der Waals surface area contributed by atoms with E-state index in [4.69, 9.17) is 19.2 Å². The molecule has 0 saturated heterocycles. The van der Waals surface area contributed by atoms with Crippen molar-refractivity contribution in [2.24, 2.45) is 0 Å². The van der Waals surface area contributed by atoms with E-state index in [9.17, 15) is 28.0 Å². The van der Waals surface area contributed by atoms with Gasteiger partial charge >= 0.3 is 18.0 Å². The van der Waals surface area contributed by atoms with E-state index in [0.717, 1.165) is 21.1 Å². The smallest absolute Gasteiger partial charge is 0.407 e. The molecule has 2 aromatic heterocycles. The summed E-state index contributed by atoms with van der Waals surface area (Å²) in [7, 11) is 1.76. The fraction of sp³-hybridized carbons (Fsp3) is 0.324. The van der Waals surface area contributed by atoms with E-state index in [-0.39, 0.29) is 37.3 Å². The van der Waals surface area contributed by atoms with Crippen LogP contribution in [-0.2, 0) is 49.2 Å². The Bertz CT molecular complexity index is 2000. The zero-order valence-corrected chi connectivity index (χ0v) is 27.6. The number of benzene rings is 2. The van der Waals surface area contributed by atoms with Crippen LogP contribution in [0.15, 0.2) is 63.9 Å². The maximum absolute atomic E-state index is 14.7. The number of nitrogens with zero attached hydrogens (tertiary/aromatic N) is 2. The third-order valence-electron chi connectivity index (χ3n) is 8.55. The molecule has 0 saturated carbocycles. The lowest BCUT2D eigenvalue weighted by atomic mass is 9.85. The summed E-state index contributed by atoms with van der Waals surface area (Å²) in [6.45, 7) is 0.291. The van der Waals surface area contributed by atoms with Crippen LogP contribution in [0.5, 0.6) is 0 Å². The first-order valence-corrected chi connectivity index (χ1v) is 16.0. The lowest BCUT2D eigenvalue weighted by Crippen LogP contribution is -2.47. The van der Waals surface area contributed by atoms with E-state index in [2.05, 4.69) is 21.2 Å². The van der Waals surface area contributed by atoms with Gasteiger partial charge in [-0.25, -0.2) is 23.4 Å². The largest absolute Gasteiger partial charge is 0.457 e. The van der Waals surface area contributed by atoms with Gasteiger partial charge in [0.1, 0.15) is 13.2 Å². The van der Waals surface area contributed by atoms with Crippen molar-refractivity contribution in [3.05, 3.63) is 91.7 Å². The Hall–Kier alpha value is -4.85. The van der Waals surface area contributed by atoms with Crippen LogP contribution in [0.3, 0.4) is 0 Å². The van der Waals surface area contributed by atoms with E-state index in [1.54, 1.807) is 44.3 Å². The lowest BCUT2D eigenvalue weighted by molar-refractivity contribution is -0.190. The predicted molar refractivity (Wildman–Crippen MR) is 174 cm³/mol. The van der Waals surface area contributed by atoms with E-state index in [0.29, 0.717) is 22.5 Å². The number of carbonyl (C=O) groups excluding carboxylic acids is 3. The Morgan fingerprint density at radius 2 is 1.92 bits per heavy atom. The molecule has 0 fully saturated rings. The van der Waals surface area contributed by atoms with Gasteiger partial charge in [0.15, 0.2) is 0 Å². The molecule has 0 radical (unpaired) electrons. The number of aromatic nitrogens is 2. The quantitative estimate of drug-likeness (QED) is 0.136. The third-order valence-corrected chi connectivity index (χ3v) is 9.24. The summed E-state index contributed by atoms with van der Waals surface area (Å²) >= 11 is 3.54. The predicted octanol–water partition coefficient (Wildman–Crippen LogP) is 5.78. The summed E-state index contributed by atoms with van der Waals surface area (Å²) in [4.78, 5) is 56.8. The normalized spacial score (nSPS) is 16.4. The lowest BCUT2D eigenvalue weighted by Gasteiger charge is -2.35. The number of nitrogens with one attached hydrogen (secondary N) is 2. The molecule has 250 valence electrons. The molecule has 2 aromatic carbocycles. The standard InChI is InChI=1S/C34H31BrF2N4O7/c1-3-34(48-28(42)11-12-33(36,37)18-39-32(45)47-16-19-7-9-21(38-2)10-8-19)24-14-27-29-20(13-22-25(35)5-4-6-26(22)40-29)15-41(27)30(43)23(24)17-46-31(34)44/h4-10,13-14,38H,3,11-12,15-18H2,1-2H3,(H,39,45)/t34-/m0/s1. The minimum Gasteiger partial charge on any atom is -0.457 e. The summed E-state index contributed by atoms with van der Waals surface area (Å²) in [5, 5.41) is 5.84. The van der Waals surface area contributed by atoms with E-state index in [1.165, 1.54) is 4.57 Å². The zero-order chi connectivity index (χ0) is 34.2. The van der Waals surface area contributed by atoms with Crippen LogP contribution in [0.1, 0.15) is 48.4 Å². The molecule has 11 nitrogen and oxygen atoms in total. The molecule has 1 atom stereocenters. The summed E-state index contributed by atoms with van der Waals surface area (Å²) in [5.41, 5.74) is 1.84. The topological polar surface area (TPSA) is 138 Å². The van der Waals surface area contributed by atoms with Crippen LogP contribution in [0.2, 0.25) is 0 Å². The number of fused-ring (bicyclic) bond motifs is 5. The molecule has 2 aliphatic rings. The Morgan fingerprint density at radius 1 is 1.15 bits per heavy atom. The Morgan fingerprint density at radius 3 is 2.65 bits per heavy atom. The maximum atomic E-state index is 14.7. The average Bonchev–Trinajstić information content (AvgIpc) is 3.44. The number of rotatable bonds is 10. The summed E-state index contributed by atoms with van der Waals surface area (Å²) in [5.74, 6) is -5.49. The molecule has 6 rings (SSSR count). The molecule has 0 unspecified atom stereocenters. The van der Waals surface area contributed by atoms with Crippen LogP contribution < -0.4 is 16.2 Å². The number of carbonyl (C=O) groups is 3. The number of hydrogen-bond donors (Lipinski definition) is 2. The first-order chi connectivity index (χ1) is 22.9. The number of pyridine rings is 2. The highest BCUT2D eigenvalue weighted by Crippen LogP contribution is 2.41. The Labute approximate surface area is 281 Å². The number of alkyl halides is 2. The molecule has 48 heavy (non-hydrogen) atoms. The maximum Gasteiger partial charge on any atom is 0.407 e. The van der Waals surface area contributed by atoms with Crippen LogP contribution in [-0.4, -0.2) is 47.1 Å². The summed E-state index contributed by atoms with van der Waals surface area (Å²) < 4.78 is 47.8. The molecule has 2 aliphatic heterocycles. The van der Waals surface area contributed by atoms with Gasteiger partial charge < -0.3 is 29.4 Å². The van der Waals surface area contributed by atoms with Gasteiger partial charge in [-0.1, -0.05) is 41.1 Å². The molecular formula is C34H31BrF2N4O7. The van der Waals surface area contributed by atoms with Crippen LogP contribution >= 0.6 is 15.9 Å². The second kappa shape index (κ2) is 13.0.